The number of halogens is 1. The molecule has 1 unspecified atom stereocenters. The lowest BCUT2D eigenvalue weighted by Crippen LogP contribution is -2.32. The van der Waals surface area contributed by atoms with Gasteiger partial charge in [0, 0.05) is 30.9 Å². The Labute approximate surface area is 114 Å². The number of rotatable bonds is 5. The Balaban J connectivity index is 2.00. The fraction of sp³-hybridized carbons (Fsp3) is 0.571. The highest BCUT2D eigenvalue weighted by Gasteiger charge is 2.22. The first-order valence-electron chi connectivity index (χ1n) is 6.56. The minimum atomic E-state index is 0.603. The Morgan fingerprint density at radius 3 is 3.06 bits per heavy atom. The molecule has 2 rings (SSSR count). The predicted octanol–water partition coefficient (Wildman–Crippen LogP) is 2.93. The molecule has 0 amide bonds. The van der Waals surface area contributed by atoms with Crippen LogP contribution < -0.4 is 15.0 Å². The van der Waals surface area contributed by atoms with Crippen LogP contribution in [0.3, 0.4) is 0 Å². The zero-order valence-corrected chi connectivity index (χ0v) is 11.8. The van der Waals surface area contributed by atoms with E-state index in [4.69, 9.17) is 16.3 Å². The summed E-state index contributed by atoms with van der Waals surface area (Å²) in [6.07, 6.45) is 2.39. The highest BCUT2D eigenvalue weighted by Crippen LogP contribution is 2.30. The van der Waals surface area contributed by atoms with Crippen LogP contribution >= 0.6 is 11.6 Å². The van der Waals surface area contributed by atoms with Gasteiger partial charge in [-0.1, -0.05) is 18.5 Å². The van der Waals surface area contributed by atoms with Gasteiger partial charge in [0.05, 0.1) is 12.1 Å². The van der Waals surface area contributed by atoms with Crippen molar-refractivity contribution < 1.29 is 4.74 Å². The number of ether oxygens (including phenoxy) is 1. The molecule has 3 nitrogen and oxygen atoms in total. The fourth-order valence-corrected chi connectivity index (χ4v) is 2.55. The minimum Gasteiger partial charge on any atom is -0.495 e. The zero-order chi connectivity index (χ0) is 13.0. The van der Waals surface area contributed by atoms with Gasteiger partial charge < -0.3 is 15.0 Å². The molecule has 1 heterocycles. The van der Waals surface area contributed by atoms with E-state index in [2.05, 4.69) is 23.2 Å². The van der Waals surface area contributed by atoms with Crippen molar-refractivity contribution in [3.05, 3.63) is 23.2 Å². The maximum Gasteiger partial charge on any atom is 0.139 e. The van der Waals surface area contributed by atoms with Crippen LogP contribution in [0.15, 0.2) is 18.2 Å². The molecule has 18 heavy (non-hydrogen) atoms. The van der Waals surface area contributed by atoms with E-state index in [0.717, 1.165) is 25.4 Å². The molecule has 0 saturated carbocycles. The SMILES string of the molecule is CCCNC1CCN(c2ccc(Cl)c(OC)c2)C1. The van der Waals surface area contributed by atoms with Crippen LogP contribution in [0.25, 0.3) is 0 Å². The molecule has 1 fully saturated rings. The largest absolute Gasteiger partial charge is 0.495 e. The van der Waals surface area contributed by atoms with E-state index in [9.17, 15) is 0 Å². The van der Waals surface area contributed by atoms with Crippen molar-refractivity contribution in [1.82, 2.24) is 5.32 Å². The maximum atomic E-state index is 6.04. The second-order valence-electron chi connectivity index (χ2n) is 4.70. The summed E-state index contributed by atoms with van der Waals surface area (Å²) in [7, 11) is 1.65. The second kappa shape index (κ2) is 6.30. The van der Waals surface area contributed by atoms with E-state index in [-0.39, 0.29) is 0 Å². The van der Waals surface area contributed by atoms with E-state index in [1.807, 2.05) is 12.1 Å². The zero-order valence-electron chi connectivity index (χ0n) is 11.1. The van der Waals surface area contributed by atoms with Crippen LogP contribution in [0, 0.1) is 0 Å². The quantitative estimate of drug-likeness (QED) is 0.889. The predicted molar refractivity (Wildman–Crippen MR) is 76.9 cm³/mol. The molecular formula is C14H21ClN2O. The summed E-state index contributed by atoms with van der Waals surface area (Å²) in [5, 5.41) is 4.24. The summed E-state index contributed by atoms with van der Waals surface area (Å²) < 4.78 is 5.26. The van der Waals surface area contributed by atoms with Gasteiger partial charge >= 0.3 is 0 Å². The van der Waals surface area contributed by atoms with Gasteiger partial charge in [0.15, 0.2) is 0 Å². The lowest BCUT2D eigenvalue weighted by atomic mass is 10.2. The van der Waals surface area contributed by atoms with Crippen molar-refractivity contribution in [2.45, 2.75) is 25.8 Å². The molecule has 1 aromatic rings. The number of anilines is 1. The topological polar surface area (TPSA) is 24.5 Å². The molecule has 1 atom stereocenters. The van der Waals surface area contributed by atoms with E-state index >= 15 is 0 Å². The fourth-order valence-electron chi connectivity index (χ4n) is 2.36. The molecule has 1 N–H and O–H groups in total. The summed E-state index contributed by atoms with van der Waals surface area (Å²) in [4.78, 5) is 2.38. The van der Waals surface area contributed by atoms with Gasteiger partial charge in [-0.2, -0.15) is 0 Å². The summed E-state index contributed by atoms with van der Waals surface area (Å²) in [6, 6.07) is 6.59. The Hall–Kier alpha value is -0.930. The van der Waals surface area contributed by atoms with E-state index in [0.29, 0.717) is 11.1 Å². The second-order valence-corrected chi connectivity index (χ2v) is 5.11. The number of nitrogens with zero attached hydrogens (tertiary/aromatic N) is 1. The summed E-state index contributed by atoms with van der Waals surface area (Å²) in [5.41, 5.74) is 1.19. The van der Waals surface area contributed by atoms with Crippen LogP contribution in [0.4, 0.5) is 5.69 Å². The Morgan fingerprint density at radius 2 is 2.33 bits per heavy atom. The molecule has 1 saturated heterocycles. The molecule has 0 aromatic heterocycles. The van der Waals surface area contributed by atoms with Crippen LogP contribution in [-0.2, 0) is 0 Å². The molecule has 1 aromatic carbocycles. The maximum absolute atomic E-state index is 6.04. The standard InChI is InChI=1S/C14H21ClN2O/c1-3-7-16-11-6-8-17(10-11)12-4-5-13(15)14(9-12)18-2/h4-5,9,11,16H,3,6-8,10H2,1-2H3. The number of hydrogen-bond acceptors (Lipinski definition) is 3. The number of hydrogen-bond donors (Lipinski definition) is 1. The van der Waals surface area contributed by atoms with Gasteiger partial charge in [0.2, 0.25) is 0 Å². The van der Waals surface area contributed by atoms with Gasteiger partial charge in [-0.3, -0.25) is 0 Å². The van der Waals surface area contributed by atoms with E-state index in [1.54, 1.807) is 7.11 Å². The van der Waals surface area contributed by atoms with E-state index < -0.39 is 0 Å². The van der Waals surface area contributed by atoms with Gasteiger partial charge in [0.1, 0.15) is 5.75 Å². The molecule has 4 heteroatoms. The van der Waals surface area contributed by atoms with Gasteiger partial charge in [-0.25, -0.2) is 0 Å². The number of benzene rings is 1. The summed E-state index contributed by atoms with van der Waals surface area (Å²) >= 11 is 6.04. The Morgan fingerprint density at radius 1 is 1.50 bits per heavy atom. The van der Waals surface area contributed by atoms with Crippen molar-refractivity contribution in [2.75, 3.05) is 31.6 Å². The first-order valence-corrected chi connectivity index (χ1v) is 6.94. The van der Waals surface area contributed by atoms with Gasteiger partial charge in [-0.05, 0) is 31.5 Å². The third-order valence-electron chi connectivity index (χ3n) is 3.37. The monoisotopic (exact) mass is 268 g/mol. The molecular weight excluding hydrogens is 248 g/mol. The molecule has 1 aliphatic rings. The minimum absolute atomic E-state index is 0.603. The van der Waals surface area contributed by atoms with E-state index in [1.165, 1.54) is 18.5 Å². The average Bonchev–Trinajstić information content (AvgIpc) is 2.85. The Kier molecular flexibility index (Phi) is 4.72. The van der Waals surface area contributed by atoms with Crippen molar-refractivity contribution in [2.24, 2.45) is 0 Å². The molecule has 0 aliphatic carbocycles. The smallest absolute Gasteiger partial charge is 0.139 e. The lowest BCUT2D eigenvalue weighted by molar-refractivity contribution is 0.415. The molecule has 0 spiro atoms. The summed E-state index contributed by atoms with van der Waals surface area (Å²) in [5.74, 6) is 0.749. The highest BCUT2D eigenvalue weighted by molar-refractivity contribution is 6.32. The van der Waals surface area contributed by atoms with Crippen molar-refractivity contribution in [3.8, 4) is 5.75 Å². The van der Waals surface area contributed by atoms with Gasteiger partial charge in [0.25, 0.3) is 0 Å². The van der Waals surface area contributed by atoms with Crippen LogP contribution in [-0.4, -0.2) is 32.8 Å². The normalized spacial score (nSPS) is 19.3. The number of nitrogens with one attached hydrogen (secondary N) is 1. The Bertz CT molecular complexity index is 397. The first-order chi connectivity index (χ1) is 8.74. The van der Waals surface area contributed by atoms with Crippen LogP contribution in [0.1, 0.15) is 19.8 Å². The van der Waals surface area contributed by atoms with Crippen molar-refractivity contribution >= 4 is 17.3 Å². The third kappa shape index (κ3) is 3.09. The lowest BCUT2D eigenvalue weighted by Gasteiger charge is -2.20. The highest BCUT2D eigenvalue weighted by atomic mass is 35.5. The summed E-state index contributed by atoms with van der Waals surface area (Å²) in [6.45, 7) is 5.45. The molecule has 0 bridgehead atoms. The van der Waals surface area contributed by atoms with Crippen LogP contribution in [0.5, 0.6) is 5.75 Å². The van der Waals surface area contributed by atoms with Gasteiger partial charge in [-0.15, -0.1) is 0 Å². The first kappa shape index (κ1) is 13.5. The molecule has 0 radical (unpaired) electrons. The van der Waals surface area contributed by atoms with Crippen molar-refractivity contribution in [1.29, 1.82) is 0 Å². The van der Waals surface area contributed by atoms with Crippen molar-refractivity contribution in [3.63, 3.8) is 0 Å². The molecule has 1 aliphatic heterocycles. The van der Waals surface area contributed by atoms with Crippen LogP contribution in [0.2, 0.25) is 5.02 Å². The molecule has 100 valence electrons. The third-order valence-corrected chi connectivity index (χ3v) is 3.68. The number of methoxy groups -OCH3 is 1. The average molecular weight is 269 g/mol.